The first kappa shape index (κ1) is 12.3. The van der Waals surface area contributed by atoms with Gasteiger partial charge in [0, 0.05) is 15.1 Å². The summed E-state index contributed by atoms with van der Waals surface area (Å²) >= 11 is 13.9. The van der Waals surface area contributed by atoms with E-state index in [4.69, 9.17) is 11.6 Å². The van der Waals surface area contributed by atoms with Crippen molar-refractivity contribution in [3.63, 3.8) is 0 Å². The smallest absolute Gasteiger partial charge is 0.203 e. The summed E-state index contributed by atoms with van der Waals surface area (Å²) in [7, 11) is 0. The maximum absolute atomic E-state index is 12.0. The second-order valence-electron chi connectivity index (χ2n) is 3.07. The fourth-order valence-corrected chi connectivity index (χ4v) is 3.33. The Morgan fingerprint density at radius 3 is 2.31 bits per heavy atom. The number of carbonyl (C=O) groups excluding carboxylic acids is 1. The average molecular weight is 380 g/mol. The van der Waals surface area contributed by atoms with Crippen LogP contribution in [0.5, 0.6) is 0 Å². The van der Waals surface area contributed by atoms with Crippen LogP contribution >= 0.6 is 54.8 Å². The first-order valence-corrected chi connectivity index (χ1v) is 7.11. The molecule has 1 heterocycles. The first-order chi connectivity index (χ1) is 7.58. The number of hydrogen-bond donors (Lipinski definition) is 0. The second-order valence-corrected chi connectivity index (χ2v) is 6.73. The van der Waals surface area contributed by atoms with E-state index in [0.717, 1.165) is 8.26 Å². The van der Waals surface area contributed by atoms with Gasteiger partial charge in [-0.15, -0.1) is 11.3 Å². The van der Waals surface area contributed by atoms with E-state index >= 15 is 0 Å². The van der Waals surface area contributed by atoms with E-state index in [-0.39, 0.29) is 5.78 Å². The molecule has 16 heavy (non-hydrogen) atoms. The molecular weight excluding hydrogens is 375 g/mol. The van der Waals surface area contributed by atoms with Gasteiger partial charge in [0.2, 0.25) is 5.78 Å². The number of halogens is 3. The van der Waals surface area contributed by atoms with Gasteiger partial charge in [0.15, 0.2) is 0 Å². The van der Waals surface area contributed by atoms with E-state index in [1.165, 1.54) is 11.3 Å². The third kappa shape index (κ3) is 2.56. The lowest BCUT2D eigenvalue weighted by Crippen LogP contribution is -1.97. The van der Waals surface area contributed by atoms with Crippen LogP contribution in [-0.2, 0) is 0 Å². The minimum absolute atomic E-state index is 0.00747. The highest BCUT2D eigenvalue weighted by molar-refractivity contribution is 9.13. The standard InChI is InChI=1S/C11H5Br2ClOS/c12-8-5-9(16-11(8)13)10(15)6-1-3-7(14)4-2-6/h1-5H. The molecule has 2 aromatic rings. The van der Waals surface area contributed by atoms with Crippen LogP contribution in [0.3, 0.4) is 0 Å². The van der Waals surface area contributed by atoms with Crippen molar-refractivity contribution in [1.29, 1.82) is 0 Å². The van der Waals surface area contributed by atoms with Crippen LogP contribution in [0.4, 0.5) is 0 Å². The molecule has 0 radical (unpaired) electrons. The van der Waals surface area contributed by atoms with Crippen LogP contribution in [0.15, 0.2) is 38.6 Å². The highest BCUT2D eigenvalue weighted by atomic mass is 79.9. The van der Waals surface area contributed by atoms with Gasteiger partial charge in [-0.25, -0.2) is 0 Å². The Labute approximate surface area is 119 Å². The molecule has 0 N–H and O–H groups in total. The summed E-state index contributed by atoms with van der Waals surface area (Å²) in [6, 6.07) is 8.70. The number of ketones is 1. The van der Waals surface area contributed by atoms with E-state index in [2.05, 4.69) is 31.9 Å². The van der Waals surface area contributed by atoms with Gasteiger partial charge in [0.25, 0.3) is 0 Å². The van der Waals surface area contributed by atoms with Crippen LogP contribution in [0.25, 0.3) is 0 Å². The van der Waals surface area contributed by atoms with Crippen molar-refractivity contribution in [2.75, 3.05) is 0 Å². The number of benzene rings is 1. The monoisotopic (exact) mass is 378 g/mol. The largest absolute Gasteiger partial charge is 0.288 e. The Kier molecular flexibility index (Phi) is 3.85. The molecule has 0 atom stereocenters. The average Bonchev–Trinajstić information content (AvgIpc) is 2.59. The van der Waals surface area contributed by atoms with Crippen molar-refractivity contribution in [1.82, 2.24) is 0 Å². The number of rotatable bonds is 2. The molecule has 0 amide bonds. The molecule has 1 aromatic heterocycles. The van der Waals surface area contributed by atoms with Gasteiger partial charge in [-0.1, -0.05) is 11.6 Å². The molecule has 0 fully saturated rings. The summed E-state index contributed by atoms with van der Waals surface area (Å²) in [5.74, 6) is 0.00747. The molecule has 1 aromatic carbocycles. The molecule has 0 aliphatic heterocycles. The predicted octanol–water partition coefficient (Wildman–Crippen LogP) is 5.16. The fourth-order valence-electron chi connectivity index (χ4n) is 1.20. The number of carbonyl (C=O) groups is 1. The quantitative estimate of drug-likeness (QED) is 0.658. The molecule has 0 saturated heterocycles. The zero-order chi connectivity index (χ0) is 11.7. The molecule has 0 bridgehead atoms. The molecular formula is C11H5Br2ClOS. The SMILES string of the molecule is O=C(c1ccc(Cl)cc1)c1cc(Br)c(Br)s1. The van der Waals surface area contributed by atoms with E-state index in [0.29, 0.717) is 15.5 Å². The Morgan fingerprint density at radius 1 is 1.19 bits per heavy atom. The highest BCUT2D eigenvalue weighted by Crippen LogP contribution is 2.33. The number of hydrogen-bond acceptors (Lipinski definition) is 2. The third-order valence-corrected chi connectivity index (χ3v) is 5.48. The summed E-state index contributed by atoms with van der Waals surface area (Å²) in [5.41, 5.74) is 0.644. The Morgan fingerprint density at radius 2 is 1.81 bits per heavy atom. The summed E-state index contributed by atoms with van der Waals surface area (Å²) in [4.78, 5) is 12.7. The predicted molar refractivity (Wildman–Crippen MR) is 74.6 cm³/mol. The fraction of sp³-hybridized carbons (Fsp3) is 0. The van der Waals surface area contributed by atoms with Crippen molar-refractivity contribution >= 4 is 60.6 Å². The van der Waals surface area contributed by atoms with E-state index < -0.39 is 0 Å². The van der Waals surface area contributed by atoms with Crippen LogP contribution in [0.2, 0.25) is 5.02 Å². The lowest BCUT2D eigenvalue weighted by atomic mass is 10.1. The molecule has 82 valence electrons. The molecule has 0 unspecified atom stereocenters. The summed E-state index contributed by atoms with van der Waals surface area (Å²) in [6.45, 7) is 0. The van der Waals surface area contributed by atoms with E-state index in [1.54, 1.807) is 24.3 Å². The molecule has 2 rings (SSSR count). The molecule has 5 heteroatoms. The van der Waals surface area contributed by atoms with Crippen molar-refractivity contribution in [2.45, 2.75) is 0 Å². The molecule has 0 spiro atoms. The van der Waals surface area contributed by atoms with Gasteiger partial charge in [-0.05, 0) is 62.2 Å². The molecule has 0 aliphatic carbocycles. The molecule has 0 aliphatic rings. The van der Waals surface area contributed by atoms with Gasteiger partial charge in [0.1, 0.15) is 0 Å². The Bertz CT molecular complexity index is 514. The Hall–Kier alpha value is -0.160. The highest BCUT2D eigenvalue weighted by Gasteiger charge is 2.13. The maximum Gasteiger partial charge on any atom is 0.203 e. The zero-order valence-electron chi connectivity index (χ0n) is 7.84. The normalized spacial score (nSPS) is 10.4. The minimum Gasteiger partial charge on any atom is -0.288 e. The lowest BCUT2D eigenvalue weighted by molar-refractivity contribution is 0.104. The minimum atomic E-state index is 0.00747. The van der Waals surface area contributed by atoms with Crippen LogP contribution in [-0.4, -0.2) is 5.78 Å². The maximum atomic E-state index is 12.0. The molecule has 0 saturated carbocycles. The van der Waals surface area contributed by atoms with Crippen LogP contribution in [0, 0.1) is 0 Å². The first-order valence-electron chi connectivity index (χ1n) is 4.33. The number of thiophene rings is 1. The van der Waals surface area contributed by atoms with E-state index in [1.807, 2.05) is 6.07 Å². The molecule has 1 nitrogen and oxygen atoms in total. The summed E-state index contributed by atoms with van der Waals surface area (Å²) < 4.78 is 1.82. The van der Waals surface area contributed by atoms with Crippen molar-refractivity contribution < 1.29 is 4.79 Å². The Balaban J connectivity index is 2.35. The van der Waals surface area contributed by atoms with Gasteiger partial charge in [-0.3, -0.25) is 4.79 Å². The van der Waals surface area contributed by atoms with Gasteiger partial charge >= 0.3 is 0 Å². The van der Waals surface area contributed by atoms with Gasteiger partial charge in [0.05, 0.1) is 8.66 Å². The summed E-state index contributed by atoms with van der Waals surface area (Å²) in [5, 5.41) is 0.630. The van der Waals surface area contributed by atoms with Crippen molar-refractivity contribution in [3.05, 3.63) is 54.1 Å². The summed E-state index contributed by atoms with van der Waals surface area (Å²) in [6.07, 6.45) is 0. The van der Waals surface area contributed by atoms with Crippen molar-refractivity contribution in [2.24, 2.45) is 0 Å². The van der Waals surface area contributed by atoms with Crippen LogP contribution in [0.1, 0.15) is 15.2 Å². The van der Waals surface area contributed by atoms with E-state index in [9.17, 15) is 4.79 Å². The lowest BCUT2D eigenvalue weighted by Gasteiger charge is -1.97. The van der Waals surface area contributed by atoms with Gasteiger partial charge < -0.3 is 0 Å². The zero-order valence-corrected chi connectivity index (χ0v) is 12.6. The second kappa shape index (κ2) is 5.00. The van der Waals surface area contributed by atoms with Crippen molar-refractivity contribution in [3.8, 4) is 0 Å². The third-order valence-electron chi connectivity index (χ3n) is 1.98. The topological polar surface area (TPSA) is 17.1 Å². The van der Waals surface area contributed by atoms with Crippen LogP contribution < -0.4 is 0 Å². The van der Waals surface area contributed by atoms with Gasteiger partial charge in [-0.2, -0.15) is 0 Å².